The van der Waals surface area contributed by atoms with Crippen molar-refractivity contribution in [2.75, 3.05) is 23.9 Å². The number of Topliss-reactive ketones (excluding diaryl/α,β-unsaturated/α-hetero) is 1. The third kappa shape index (κ3) is 2.11. The highest BCUT2D eigenvalue weighted by Crippen LogP contribution is 2.32. The molecule has 0 N–H and O–H groups in total. The van der Waals surface area contributed by atoms with E-state index in [1.165, 1.54) is 4.90 Å². The van der Waals surface area contributed by atoms with Gasteiger partial charge in [0.25, 0.3) is 11.7 Å². The van der Waals surface area contributed by atoms with Crippen molar-refractivity contribution in [2.45, 2.75) is 26.8 Å². The lowest BCUT2D eigenvalue weighted by molar-refractivity contribution is -0.114. The summed E-state index contributed by atoms with van der Waals surface area (Å²) in [5, 5.41) is 0. The number of fused-ring (bicyclic) bond motifs is 1. The maximum absolute atomic E-state index is 11.7. The molecule has 1 unspecified atom stereocenters. The number of hydrogen-bond acceptors (Lipinski definition) is 3. The van der Waals surface area contributed by atoms with Gasteiger partial charge in [0.15, 0.2) is 0 Å². The third-order valence-corrected chi connectivity index (χ3v) is 4.07. The summed E-state index contributed by atoms with van der Waals surface area (Å²) in [7, 11) is 3.67. The van der Waals surface area contributed by atoms with Crippen molar-refractivity contribution in [3.05, 3.63) is 23.8 Å². The van der Waals surface area contributed by atoms with Crippen LogP contribution in [0.2, 0.25) is 0 Å². The van der Waals surface area contributed by atoms with E-state index in [2.05, 4.69) is 25.7 Å². The number of carbonyl (C=O) groups excluding carboxylic acids is 2. The topological polar surface area (TPSA) is 40.6 Å². The molecule has 0 saturated carbocycles. The molecule has 0 saturated heterocycles. The summed E-state index contributed by atoms with van der Waals surface area (Å²) in [6.07, 6.45) is 0. The number of amides is 1. The van der Waals surface area contributed by atoms with E-state index in [0.29, 0.717) is 23.2 Å². The van der Waals surface area contributed by atoms with Crippen LogP contribution in [0.5, 0.6) is 0 Å². The van der Waals surface area contributed by atoms with Crippen LogP contribution in [0.4, 0.5) is 11.4 Å². The van der Waals surface area contributed by atoms with Crippen molar-refractivity contribution >= 4 is 23.1 Å². The van der Waals surface area contributed by atoms with Crippen LogP contribution in [0.1, 0.15) is 31.1 Å². The predicted octanol–water partition coefficient (Wildman–Crippen LogP) is 2.33. The van der Waals surface area contributed by atoms with E-state index in [-0.39, 0.29) is 0 Å². The molecule has 0 spiro atoms. The summed E-state index contributed by atoms with van der Waals surface area (Å²) in [5.74, 6) is -0.338. The second kappa shape index (κ2) is 4.68. The first-order valence-electron chi connectivity index (χ1n) is 6.54. The molecule has 1 heterocycles. The molecule has 1 aliphatic rings. The molecule has 19 heavy (non-hydrogen) atoms. The van der Waals surface area contributed by atoms with Crippen LogP contribution in [0, 0.1) is 5.92 Å². The number of carbonyl (C=O) groups is 2. The average molecular weight is 260 g/mol. The highest BCUT2D eigenvalue weighted by molar-refractivity contribution is 6.52. The lowest BCUT2D eigenvalue weighted by atomic mass is 10.0. The number of ketones is 1. The summed E-state index contributed by atoms with van der Waals surface area (Å²) < 4.78 is 0. The Balaban J connectivity index is 2.38. The summed E-state index contributed by atoms with van der Waals surface area (Å²) >= 11 is 0. The second-order valence-electron chi connectivity index (χ2n) is 5.49. The average Bonchev–Trinajstić information content (AvgIpc) is 2.61. The molecule has 1 atom stereocenters. The van der Waals surface area contributed by atoms with Crippen molar-refractivity contribution in [1.82, 2.24) is 0 Å². The summed E-state index contributed by atoms with van der Waals surface area (Å²) in [6.45, 7) is 6.51. The van der Waals surface area contributed by atoms with Crippen molar-refractivity contribution in [1.29, 1.82) is 0 Å². The van der Waals surface area contributed by atoms with Gasteiger partial charge in [0.2, 0.25) is 0 Å². The number of anilines is 2. The standard InChI is InChI=1S/C15H20N2O2/c1-9(2)10(3)16(4)11-6-7-12-13(8-11)17(5)15(19)14(12)18/h6-10H,1-5H3. The predicted molar refractivity (Wildman–Crippen MR) is 76.9 cm³/mol. The van der Waals surface area contributed by atoms with Gasteiger partial charge in [0, 0.05) is 25.8 Å². The van der Waals surface area contributed by atoms with Crippen molar-refractivity contribution in [3.63, 3.8) is 0 Å². The van der Waals surface area contributed by atoms with Gasteiger partial charge in [-0.05, 0) is 31.0 Å². The minimum Gasteiger partial charge on any atom is -0.372 e. The maximum atomic E-state index is 11.7. The summed E-state index contributed by atoms with van der Waals surface area (Å²) in [6, 6.07) is 5.95. The molecule has 1 aromatic carbocycles. The largest absolute Gasteiger partial charge is 0.372 e. The number of rotatable bonds is 3. The molecule has 4 heteroatoms. The Kier molecular flexibility index (Phi) is 3.35. The van der Waals surface area contributed by atoms with Crippen LogP contribution >= 0.6 is 0 Å². The number of hydrogen-bond donors (Lipinski definition) is 0. The minimum atomic E-state index is -0.452. The summed E-state index contributed by atoms with van der Waals surface area (Å²) in [4.78, 5) is 27.0. The molecular weight excluding hydrogens is 240 g/mol. The molecule has 1 aromatic rings. The van der Waals surface area contributed by atoms with Gasteiger partial charge in [0.05, 0.1) is 11.3 Å². The first-order valence-corrected chi connectivity index (χ1v) is 6.54. The van der Waals surface area contributed by atoms with Gasteiger partial charge in [-0.1, -0.05) is 13.8 Å². The van der Waals surface area contributed by atoms with Gasteiger partial charge in [-0.3, -0.25) is 9.59 Å². The Morgan fingerprint density at radius 2 is 1.79 bits per heavy atom. The van der Waals surface area contributed by atoms with Crippen molar-refractivity contribution in [3.8, 4) is 0 Å². The zero-order valence-corrected chi connectivity index (χ0v) is 12.1. The molecular formula is C15H20N2O2. The third-order valence-electron chi connectivity index (χ3n) is 4.07. The molecule has 0 aromatic heterocycles. The Morgan fingerprint density at radius 1 is 1.16 bits per heavy atom. The van der Waals surface area contributed by atoms with E-state index in [4.69, 9.17) is 0 Å². The minimum absolute atomic E-state index is 0.385. The fourth-order valence-corrected chi connectivity index (χ4v) is 2.27. The first-order chi connectivity index (χ1) is 8.84. The van der Waals surface area contributed by atoms with Crippen LogP contribution in [0.3, 0.4) is 0 Å². The van der Waals surface area contributed by atoms with Gasteiger partial charge in [0.1, 0.15) is 0 Å². The zero-order chi connectivity index (χ0) is 14.3. The van der Waals surface area contributed by atoms with Gasteiger partial charge >= 0.3 is 0 Å². The quantitative estimate of drug-likeness (QED) is 0.783. The molecule has 0 bridgehead atoms. The van der Waals surface area contributed by atoms with Gasteiger partial charge in [-0.25, -0.2) is 0 Å². The lowest BCUT2D eigenvalue weighted by Crippen LogP contribution is -2.33. The van der Waals surface area contributed by atoms with Gasteiger partial charge in [-0.2, -0.15) is 0 Å². The molecule has 0 aliphatic carbocycles. The normalized spacial score (nSPS) is 16.0. The monoisotopic (exact) mass is 260 g/mol. The second-order valence-corrected chi connectivity index (χ2v) is 5.49. The number of nitrogens with zero attached hydrogens (tertiary/aromatic N) is 2. The van der Waals surface area contributed by atoms with E-state index < -0.39 is 11.7 Å². The van der Waals surface area contributed by atoms with Gasteiger partial charge < -0.3 is 9.80 Å². The van der Waals surface area contributed by atoms with E-state index in [9.17, 15) is 9.59 Å². The highest BCUT2D eigenvalue weighted by atomic mass is 16.2. The van der Waals surface area contributed by atoms with Crippen molar-refractivity contribution < 1.29 is 9.59 Å². The van der Waals surface area contributed by atoms with Crippen LogP contribution < -0.4 is 9.80 Å². The Bertz CT molecular complexity index is 537. The maximum Gasteiger partial charge on any atom is 0.299 e. The number of likely N-dealkylation sites (N-methyl/N-ethyl adjacent to an activating group) is 1. The first kappa shape index (κ1) is 13.6. The molecule has 1 aliphatic heterocycles. The van der Waals surface area contributed by atoms with Crippen LogP contribution in [-0.2, 0) is 4.79 Å². The van der Waals surface area contributed by atoms with E-state index in [1.54, 1.807) is 13.1 Å². The zero-order valence-electron chi connectivity index (χ0n) is 12.1. The fourth-order valence-electron chi connectivity index (χ4n) is 2.27. The molecule has 0 fully saturated rings. The van der Waals surface area contributed by atoms with E-state index >= 15 is 0 Å². The molecule has 102 valence electrons. The molecule has 4 nitrogen and oxygen atoms in total. The summed E-state index contributed by atoms with van der Waals surface area (Å²) in [5.41, 5.74) is 2.23. The number of benzene rings is 1. The Hall–Kier alpha value is -1.84. The van der Waals surface area contributed by atoms with Crippen LogP contribution in [0.15, 0.2) is 18.2 Å². The fraction of sp³-hybridized carbons (Fsp3) is 0.467. The van der Waals surface area contributed by atoms with Crippen molar-refractivity contribution in [2.24, 2.45) is 5.92 Å². The van der Waals surface area contributed by atoms with Crippen LogP contribution in [0.25, 0.3) is 0 Å². The Morgan fingerprint density at radius 3 is 2.37 bits per heavy atom. The molecule has 1 amide bonds. The molecule has 0 radical (unpaired) electrons. The smallest absolute Gasteiger partial charge is 0.299 e. The molecule has 2 rings (SSSR count). The SMILES string of the molecule is CC(C)C(C)N(C)c1ccc2c(c1)N(C)C(=O)C2=O. The van der Waals surface area contributed by atoms with Gasteiger partial charge in [-0.15, -0.1) is 0 Å². The Labute approximate surface area is 114 Å². The van der Waals surface area contributed by atoms with E-state index in [1.807, 2.05) is 19.2 Å². The van der Waals surface area contributed by atoms with Crippen LogP contribution in [-0.4, -0.2) is 31.8 Å². The lowest BCUT2D eigenvalue weighted by Gasteiger charge is -2.30. The van der Waals surface area contributed by atoms with E-state index in [0.717, 1.165) is 5.69 Å². The highest BCUT2D eigenvalue weighted by Gasteiger charge is 2.33.